The van der Waals surface area contributed by atoms with Gasteiger partial charge < -0.3 is 40.3 Å². The number of hydrogen-bond acceptors (Lipinski definition) is 9. The van der Waals surface area contributed by atoms with Gasteiger partial charge in [0.2, 0.25) is 5.91 Å². The highest BCUT2D eigenvalue weighted by atomic mass is 16.5. The molecule has 2 aromatic carbocycles. The number of anilines is 1. The Kier molecular flexibility index (Phi) is 17.9. The van der Waals surface area contributed by atoms with Crippen molar-refractivity contribution in [3.8, 4) is 0 Å². The van der Waals surface area contributed by atoms with Gasteiger partial charge in [0.1, 0.15) is 32.8 Å². The van der Waals surface area contributed by atoms with E-state index in [1.807, 2.05) is 30.3 Å². The maximum Gasteiger partial charge on any atom is 0.323 e. The molecule has 0 aliphatic heterocycles. The Labute approximate surface area is 294 Å². The summed E-state index contributed by atoms with van der Waals surface area (Å²) in [5.74, 6) is -9.01. The minimum atomic E-state index is -1.52. The number of carboxylic acids is 4. The van der Waals surface area contributed by atoms with Crippen molar-refractivity contribution in [2.45, 2.75) is 70.8 Å². The number of unbranched alkanes of at least 4 members (excludes halogenated alkanes) is 7. The van der Waals surface area contributed by atoms with Crippen LogP contribution in [0.5, 0.6) is 0 Å². The first-order valence-electron chi connectivity index (χ1n) is 16.3. The smallest absolute Gasteiger partial charge is 0.323 e. The summed E-state index contributed by atoms with van der Waals surface area (Å²) in [4.78, 5) is 97.1. The third kappa shape index (κ3) is 16.9. The molecule has 5 N–H and O–H groups in total. The summed E-state index contributed by atoms with van der Waals surface area (Å²) in [6.07, 6.45) is 7.02. The fourth-order valence-electron chi connectivity index (χ4n) is 5.01. The lowest BCUT2D eigenvalue weighted by atomic mass is 10.1. The van der Waals surface area contributed by atoms with Crippen LogP contribution in [-0.2, 0) is 40.1 Å². The van der Waals surface area contributed by atoms with Crippen LogP contribution in [-0.4, -0.2) is 104 Å². The van der Waals surface area contributed by atoms with Crippen molar-refractivity contribution in [3.05, 3.63) is 65.2 Å². The molecule has 0 atom stereocenters. The summed E-state index contributed by atoms with van der Waals surface area (Å²) in [7, 11) is 0. The highest BCUT2D eigenvalue weighted by molar-refractivity contribution is 6.04. The molecule has 0 fully saturated rings. The van der Waals surface area contributed by atoms with Gasteiger partial charge >= 0.3 is 29.8 Å². The second-order valence-electron chi connectivity index (χ2n) is 11.7. The molecule has 2 aromatic rings. The van der Waals surface area contributed by atoms with Gasteiger partial charge in [-0.05, 0) is 36.6 Å². The quantitative estimate of drug-likeness (QED) is 0.0773. The van der Waals surface area contributed by atoms with Crippen LogP contribution in [0.3, 0.4) is 0 Å². The topological polar surface area (TPSA) is 245 Å². The zero-order chi connectivity index (χ0) is 37.8. The number of aliphatic carboxylic acids is 4. The largest absolute Gasteiger partial charge is 0.480 e. The molecule has 16 heteroatoms. The molecule has 0 aliphatic rings. The molecule has 0 saturated carbocycles. The highest BCUT2D eigenvalue weighted by Crippen LogP contribution is 2.20. The first-order valence-corrected chi connectivity index (χ1v) is 16.3. The van der Waals surface area contributed by atoms with E-state index in [4.69, 9.17) is 25.2 Å². The Morgan fingerprint density at radius 3 is 1.39 bits per heavy atom. The Bertz CT molecular complexity index is 1450. The Balaban J connectivity index is 1.92. The van der Waals surface area contributed by atoms with Crippen LogP contribution in [0.15, 0.2) is 48.5 Å². The molecule has 0 unspecified atom stereocenters. The molecule has 51 heavy (non-hydrogen) atoms. The van der Waals surface area contributed by atoms with Gasteiger partial charge in [0, 0.05) is 29.7 Å². The summed E-state index contributed by atoms with van der Waals surface area (Å²) in [6, 6.07) is 12.6. The molecule has 0 saturated heterocycles. The number of ether oxygens (including phenoxy) is 1. The van der Waals surface area contributed by atoms with Crippen LogP contribution < -0.4 is 5.32 Å². The van der Waals surface area contributed by atoms with Crippen LogP contribution in [0.4, 0.5) is 5.69 Å². The summed E-state index contributed by atoms with van der Waals surface area (Å²) in [6.45, 7) is -3.75. The monoisotopic (exact) mass is 713 g/mol. The van der Waals surface area contributed by atoms with E-state index in [1.165, 1.54) is 0 Å². The van der Waals surface area contributed by atoms with E-state index < -0.39 is 78.9 Å². The van der Waals surface area contributed by atoms with Gasteiger partial charge in [-0.3, -0.25) is 38.4 Å². The Morgan fingerprint density at radius 2 is 0.961 bits per heavy atom. The number of carbonyl (C=O) groups is 8. The number of amides is 3. The number of esters is 1. The van der Waals surface area contributed by atoms with Gasteiger partial charge in [-0.15, -0.1) is 0 Å². The lowest BCUT2D eigenvalue weighted by Gasteiger charge is -2.21. The van der Waals surface area contributed by atoms with E-state index in [9.17, 15) is 38.4 Å². The Hall–Kier alpha value is -5.80. The van der Waals surface area contributed by atoms with Crippen molar-refractivity contribution < 1.29 is 63.5 Å². The molecule has 0 radical (unpaired) electrons. The molecule has 0 bridgehead atoms. The zero-order valence-electron chi connectivity index (χ0n) is 28.1. The van der Waals surface area contributed by atoms with E-state index in [1.54, 1.807) is 0 Å². The normalized spacial score (nSPS) is 10.5. The van der Waals surface area contributed by atoms with Crippen LogP contribution in [0.2, 0.25) is 0 Å². The molecule has 276 valence electrons. The predicted octanol–water partition coefficient (Wildman–Crippen LogP) is 3.49. The average Bonchev–Trinajstić information content (AvgIpc) is 3.06. The van der Waals surface area contributed by atoms with Crippen LogP contribution >= 0.6 is 0 Å². The molecule has 2 rings (SSSR count). The van der Waals surface area contributed by atoms with E-state index in [0.717, 1.165) is 68.7 Å². The van der Waals surface area contributed by atoms with E-state index in [-0.39, 0.29) is 24.7 Å². The average molecular weight is 714 g/mol. The number of rotatable bonds is 24. The Morgan fingerprint density at radius 1 is 0.549 bits per heavy atom. The number of nitrogens with zero attached hydrogens (tertiary/aromatic N) is 2. The third-order valence-electron chi connectivity index (χ3n) is 7.37. The van der Waals surface area contributed by atoms with Crippen molar-refractivity contribution in [3.63, 3.8) is 0 Å². The lowest BCUT2D eigenvalue weighted by molar-refractivity contribution is -0.145. The zero-order valence-corrected chi connectivity index (χ0v) is 28.1. The summed E-state index contributed by atoms with van der Waals surface area (Å²) in [5.41, 5.74) is 0.0441. The number of hydrogen-bond donors (Lipinski definition) is 5. The number of benzene rings is 2. The van der Waals surface area contributed by atoms with Crippen LogP contribution in [0.25, 0.3) is 0 Å². The first-order chi connectivity index (χ1) is 24.2. The van der Waals surface area contributed by atoms with Crippen LogP contribution in [0, 0.1) is 0 Å². The fourth-order valence-corrected chi connectivity index (χ4v) is 5.01. The van der Waals surface area contributed by atoms with Gasteiger partial charge in [0.05, 0.1) is 0 Å². The van der Waals surface area contributed by atoms with Gasteiger partial charge in [-0.1, -0.05) is 68.9 Å². The van der Waals surface area contributed by atoms with E-state index >= 15 is 0 Å². The van der Waals surface area contributed by atoms with Crippen molar-refractivity contribution in [1.82, 2.24) is 9.80 Å². The van der Waals surface area contributed by atoms with E-state index in [0.29, 0.717) is 22.6 Å². The second kappa shape index (κ2) is 22.0. The first kappa shape index (κ1) is 41.4. The highest BCUT2D eigenvalue weighted by Gasteiger charge is 2.26. The van der Waals surface area contributed by atoms with Crippen molar-refractivity contribution in [2.75, 3.05) is 31.5 Å². The van der Waals surface area contributed by atoms with Crippen molar-refractivity contribution in [1.29, 1.82) is 0 Å². The van der Waals surface area contributed by atoms with Gasteiger partial charge in [0.15, 0.2) is 0 Å². The molecule has 16 nitrogen and oxygen atoms in total. The maximum atomic E-state index is 13.2. The van der Waals surface area contributed by atoms with Gasteiger partial charge in [0.25, 0.3) is 11.8 Å². The summed E-state index contributed by atoms with van der Waals surface area (Å²) in [5, 5.41) is 39.2. The van der Waals surface area contributed by atoms with Gasteiger partial charge in [-0.25, -0.2) is 0 Å². The summed E-state index contributed by atoms with van der Waals surface area (Å²) >= 11 is 0. The standard InChI is InChI=1S/C35H43N3O13/c39-28(14-10-5-3-1-2-4-6-11-15-33(48)51-23-24-12-8-7-9-13-24)36-27-17-25(34(49)37(19-29(40)41)20-30(42)43)16-26(18-27)35(50)38(21-31(44)45)22-32(46)47/h7-9,12-13,16-18H,1-6,10-11,14-15,19-23H2,(H,36,39)(H,40,41)(H,42,43)(H,44,45)(H,46,47). The molecule has 0 spiro atoms. The summed E-state index contributed by atoms with van der Waals surface area (Å²) < 4.78 is 5.27. The van der Waals surface area contributed by atoms with E-state index in [2.05, 4.69) is 5.32 Å². The molecule has 3 amide bonds. The van der Waals surface area contributed by atoms with Gasteiger partial charge in [-0.2, -0.15) is 0 Å². The van der Waals surface area contributed by atoms with Crippen LogP contribution in [0.1, 0.15) is 90.5 Å². The molecular weight excluding hydrogens is 670 g/mol. The molecule has 0 aromatic heterocycles. The SMILES string of the molecule is O=C(O)CN(CC(=O)O)C(=O)c1cc(NC(=O)CCCCCCCCCCC(=O)OCc2ccccc2)cc(C(=O)N(CC(=O)O)CC(=O)O)c1. The maximum absolute atomic E-state index is 13.2. The van der Waals surface area contributed by atoms with Crippen molar-refractivity contribution >= 4 is 53.3 Å². The molecule has 0 aliphatic carbocycles. The minimum Gasteiger partial charge on any atom is -0.480 e. The fraction of sp³-hybridized carbons (Fsp3) is 0.429. The molecule has 0 heterocycles. The second-order valence-corrected chi connectivity index (χ2v) is 11.7. The third-order valence-corrected chi connectivity index (χ3v) is 7.37. The predicted molar refractivity (Wildman–Crippen MR) is 180 cm³/mol. The molecular formula is C35H43N3O13. The number of carbonyl (C=O) groups excluding carboxylic acids is 4. The minimum absolute atomic E-state index is 0.0703. The number of carboxylic acid groups (broad SMARTS) is 4. The van der Waals surface area contributed by atoms with Crippen molar-refractivity contribution in [2.24, 2.45) is 0 Å². The number of nitrogens with one attached hydrogen (secondary N) is 1. The lowest BCUT2D eigenvalue weighted by Crippen LogP contribution is -2.40.